The van der Waals surface area contributed by atoms with Crippen molar-refractivity contribution in [3.8, 4) is 0 Å². The number of aromatic nitrogens is 3. The van der Waals surface area contributed by atoms with Crippen LogP contribution in [0.5, 0.6) is 0 Å². The summed E-state index contributed by atoms with van der Waals surface area (Å²) in [5, 5.41) is 2.97. The zero-order chi connectivity index (χ0) is 24.5. The molecule has 2 aromatic carbocycles. The molecular weight excluding hydrogens is 450 g/mol. The van der Waals surface area contributed by atoms with E-state index in [0.717, 1.165) is 48.2 Å². The first kappa shape index (κ1) is 22.5. The molecule has 6 rings (SSSR count). The second kappa shape index (κ2) is 9.57. The number of nitrogens with zero attached hydrogens (tertiary/aromatic N) is 4. The molecular formula is C29H29N5O2. The van der Waals surface area contributed by atoms with Crippen molar-refractivity contribution in [3.05, 3.63) is 95.4 Å². The molecule has 2 aliphatic heterocycles. The number of carbonyl (C=O) groups excluding carboxylic acids is 2. The van der Waals surface area contributed by atoms with Gasteiger partial charge in [-0.25, -0.2) is 9.97 Å². The highest BCUT2D eigenvalue weighted by atomic mass is 16.2. The molecule has 1 fully saturated rings. The first-order valence-electron chi connectivity index (χ1n) is 12.7. The van der Waals surface area contributed by atoms with Crippen molar-refractivity contribution >= 4 is 23.0 Å². The lowest BCUT2D eigenvalue weighted by Crippen LogP contribution is -2.40. The van der Waals surface area contributed by atoms with Crippen molar-refractivity contribution in [2.75, 3.05) is 13.1 Å². The molecule has 0 saturated carbocycles. The summed E-state index contributed by atoms with van der Waals surface area (Å²) in [6, 6.07) is 22.0. The monoisotopic (exact) mass is 479 g/mol. The Morgan fingerprint density at radius 2 is 1.72 bits per heavy atom. The molecule has 1 atom stereocenters. The van der Waals surface area contributed by atoms with Crippen LogP contribution in [0, 0.1) is 0 Å². The van der Waals surface area contributed by atoms with E-state index < -0.39 is 0 Å². The maximum atomic E-state index is 13.1. The summed E-state index contributed by atoms with van der Waals surface area (Å²) in [5.74, 6) is 1.06. The number of amides is 2. The summed E-state index contributed by atoms with van der Waals surface area (Å²) in [4.78, 5) is 36.9. The molecule has 2 aromatic heterocycles. The van der Waals surface area contributed by atoms with Gasteiger partial charge in [0.25, 0.3) is 5.91 Å². The fourth-order valence-corrected chi connectivity index (χ4v) is 5.60. The number of pyridine rings is 1. The highest BCUT2D eigenvalue weighted by Crippen LogP contribution is 2.31. The van der Waals surface area contributed by atoms with Gasteiger partial charge in [-0.3, -0.25) is 9.59 Å². The van der Waals surface area contributed by atoms with E-state index >= 15 is 0 Å². The summed E-state index contributed by atoms with van der Waals surface area (Å²) >= 11 is 0. The quantitative estimate of drug-likeness (QED) is 0.448. The Hall–Kier alpha value is -4.00. The third-order valence-electron chi connectivity index (χ3n) is 7.45. The van der Waals surface area contributed by atoms with E-state index in [9.17, 15) is 9.59 Å². The number of likely N-dealkylation sites (tertiary alicyclic amines) is 1. The number of nitrogens with one attached hydrogen (secondary N) is 1. The molecule has 182 valence electrons. The van der Waals surface area contributed by atoms with Crippen LogP contribution in [0.15, 0.2) is 72.9 Å². The van der Waals surface area contributed by atoms with Crippen LogP contribution >= 0.6 is 0 Å². The van der Waals surface area contributed by atoms with Crippen molar-refractivity contribution in [2.45, 2.75) is 44.2 Å². The predicted octanol–water partition coefficient (Wildman–Crippen LogP) is 4.25. The lowest BCUT2D eigenvalue weighted by atomic mass is 10.00. The highest BCUT2D eigenvalue weighted by Gasteiger charge is 2.33. The maximum Gasteiger partial charge on any atom is 0.252 e. The number of fused-ring (bicyclic) bond motifs is 2. The Balaban J connectivity index is 1.15. The Kier molecular flexibility index (Phi) is 5.97. The molecule has 0 bridgehead atoms. The summed E-state index contributed by atoms with van der Waals surface area (Å²) in [6.45, 7) is 1.38. The molecule has 1 saturated heterocycles. The van der Waals surface area contributed by atoms with Crippen LogP contribution in [-0.2, 0) is 17.6 Å². The van der Waals surface area contributed by atoms with Crippen molar-refractivity contribution in [3.63, 3.8) is 0 Å². The molecule has 2 amide bonds. The molecule has 0 spiro atoms. The first-order valence-corrected chi connectivity index (χ1v) is 12.7. The van der Waals surface area contributed by atoms with E-state index in [1.807, 2.05) is 53.6 Å². The van der Waals surface area contributed by atoms with Gasteiger partial charge in [-0.15, -0.1) is 0 Å². The molecule has 0 aliphatic carbocycles. The molecule has 1 N–H and O–H groups in total. The van der Waals surface area contributed by atoms with Crippen molar-refractivity contribution in [1.82, 2.24) is 24.8 Å². The smallest absolute Gasteiger partial charge is 0.252 e. The third-order valence-corrected chi connectivity index (χ3v) is 7.45. The molecule has 7 nitrogen and oxygen atoms in total. The fraction of sp³-hybridized carbons (Fsp3) is 0.310. The number of rotatable bonds is 6. The molecule has 4 aromatic rings. The van der Waals surface area contributed by atoms with Gasteiger partial charge >= 0.3 is 0 Å². The summed E-state index contributed by atoms with van der Waals surface area (Å²) in [5.41, 5.74) is 4.75. The summed E-state index contributed by atoms with van der Waals surface area (Å²) in [6.07, 6.45) is 5.62. The maximum absolute atomic E-state index is 13.1. The first-order chi connectivity index (χ1) is 17.7. The Morgan fingerprint density at radius 3 is 2.56 bits per heavy atom. The predicted molar refractivity (Wildman–Crippen MR) is 137 cm³/mol. The molecule has 36 heavy (non-hydrogen) atoms. The van der Waals surface area contributed by atoms with Gasteiger partial charge in [-0.1, -0.05) is 48.5 Å². The van der Waals surface area contributed by atoms with Crippen molar-refractivity contribution in [2.24, 2.45) is 0 Å². The van der Waals surface area contributed by atoms with Crippen molar-refractivity contribution in [1.29, 1.82) is 0 Å². The fourth-order valence-electron chi connectivity index (χ4n) is 5.60. The van der Waals surface area contributed by atoms with Crippen LogP contribution in [0.2, 0.25) is 0 Å². The zero-order valence-corrected chi connectivity index (χ0v) is 20.1. The van der Waals surface area contributed by atoms with Crippen molar-refractivity contribution < 1.29 is 9.59 Å². The minimum Gasteiger partial charge on any atom is -0.345 e. The van der Waals surface area contributed by atoms with Crippen LogP contribution in [0.1, 0.15) is 58.7 Å². The van der Waals surface area contributed by atoms with E-state index in [2.05, 4.69) is 39.1 Å². The van der Waals surface area contributed by atoms with Gasteiger partial charge in [0.1, 0.15) is 11.3 Å². The number of imidazole rings is 1. The van der Waals surface area contributed by atoms with Crippen LogP contribution in [-0.4, -0.2) is 44.3 Å². The van der Waals surface area contributed by atoms with E-state index in [1.54, 1.807) is 0 Å². The number of benzene rings is 2. The molecule has 0 radical (unpaired) electrons. The van der Waals surface area contributed by atoms with E-state index in [0.29, 0.717) is 25.1 Å². The summed E-state index contributed by atoms with van der Waals surface area (Å²) in [7, 11) is 0. The average molecular weight is 480 g/mol. The van der Waals surface area contributed by atoms with E-state index in [1.165, 1.54) is 5.56 Å². The Bertz CT molecular complexity index is 1410. The number of piperidine rings is 1. The van der Waals surface area contributed by atoms with Crippen LogP contribution in [0.4, 0.5) is 0 Å². The SMILES string of the molecule is O=C1N[C@@H](CC(=O)N2CCC(n3c(CCc4ccccc4)nc4cccnc43)CC2)c2ccccc21. The second-order valence-electron chi connectivity index (χ2n) is 9.66. The molecule has 0 unspecified atom stereocenters. The van der Waals surface area contributed by atoms with Gasteiger partial charge in [0.05, 0.1) is 12.5 Å². The van der Waals surface area contributed by atoms with Crippen LogP contribution in [0.25, 0.3) is 11.2 Å². The normalized spacial score (nSPS) is 17.8. The lowest BCUT2D eigenvalue weighted by molar-refractivity contribution is -0.133. The minimum atomic E-state index is -0.245. The lowest BCUT2D eigenvalue weighted by Gasteiger charge is -2.34. The summed E-state index contributed by atoms with van der Waals surface area (Å²) < 4.78 is 2.31. The second-order valence-corrected chi connectivity index (χ2v) is 9.66. The van der Waals surface area contributed by atoms with Crippen LogP contribution in [0.3, 0.4) is 0 Å². The zero-order valence-electron chi connectivity index (χ0n) is 20.1. The van der Waals surface area contributed by atoms with Gasteiger partial charge in [-0.2, -0.15) is 0 Å². The largest absolute Gasteiger partial charge is 0.345 e. The Labute approximate surface area is 210 Å². The Morgan fingerprint density at radius 1 is 0.944 bits per heavy atom. The van der Waals surface area contributed by atoms with E-state index in [-0.39, 0.29) is 23.9 Å². The molecule has 4 heterocycles. The van der Waals surface area contributed by atoms with E-state index in [4.69, 9.17) is 4.98 Å². The average Bonchev–Trinajstić information content (AvgIpc) is 3.45. The topological polar surface area (TPSA) is 80.1 Å². The van der Waals surface area contributed by atoms with Gasteiger partial charge in [0.2, 0.25) is 5.91 Å². The van der Waals surface area contributed by atoms with Gasteiger partial charge in [0.15, 0.2) is 5.65 Å². The molecule has 2 aliphatic rings. The highest BCUT2D eigenvalue weighted by molar-refractivity contribution is 5.99. The number of hydrogen-bond acceptors (Lipinski definition) is 4. The van der Waals surface area contributed by atoms with Gasteiger partial charge < -0.3 is 14.8 Å². The molecule has 7 heteroatoms. The standard InChI is InChI=1S/C29H29N5O2/c35-27(19-25-22-9-4-5-10-23(22)29(36)32-25)33-17-14-21(15-18-33)34-26(13-12-20-7-2-1-3-8-20)31-24-11-6-16-30-28(24)34/h1-11,16,21,25H,12-15,17-19H2,(H,32,36)/t25-/m0/s1. The van der Waals surface area contributed by atoms with Gasteiger partial charge in [0, 0.05) is 37.3 Å². The number of carbonyl (C=O) groups is 2. The number of aryl methyl sites for hydroxylation is 2. The van der Waals surface area contributed by atoms with Crippen LogP contribution < -0.4 is 5.32 Å². The third kappa shape index (κ3) is 4.26. The van der Waals surface area contributed by atoms with Gasteiger partial charge in [-0.05, 0) is 48.6 Å². The minimum absolute atomic E-state index is 0.0911. The number of hydrogen-bond donors (Lipinski definition) is 1.